The number of sulfonamides is 1. The maximum absolute atomic E-state index is 13.4. The highest BCUT2D eigenvalue weighted by atomic mass is 32.2. The molecule has 0 saturated carbocycles. The highest BCUT2D eigenvalue weighted by Crippen LogP contribution is 2.28. The van der Waals surface area contributed by atoms with E-state index in [-0.39, 0.29) is 16.4 Å². The maximum atomic E-state index is 13.4. The van der Waals surface area contributed by atoms with E-state index in [2.05, 4.69) is 4.90 Å². The molecule has 1 amide bonds. The molecule has 2 aromatic carbocycles. The number of benzene rings is 2. The lowest BCUT2D eigenvalue weighted by molar-refractivity contribution is 0.0743. The van der Waals surface area contributed by atoms with Crippen molar-refractivity contribution >= 4 is 21.6 Å². The number of rotatable bonds is 6. The Morgan fingerprint density at radius 2 is 1.48 bits per heavy atom. The van der Waals surface area contributed by atoms with E-state index in [4.69, 9.17) is 9.47 Å². The zero-order valence-electron chi connectivity index (χ0n) is 19.2. The average molecular weight is 474 g/mol. The molecule has 2 heterocycles. The third kappa shape index (κ3) is 4.94. The van der Waals surface area contributed by atoms with E-state index in [1.165, 1.54) is 23.5 Å². The van der Waals surface area contributed by atoms with Crippen molar-refractivity contribution in [3.05, 3.63) is 48.0 Å². The van der Waals surface area contributed by atoms with Crippen molar-refractivity contribution in [1.29, 1.82) is 0 Å². The predicted octanol–water partition coefficient (Wildman–Crippen LogP) is 2.84. The number of carbonyl (C=O) groups is 1. The van der Waals surface area contributed by atoms with Gasteiger partial charge in [-0.2, -0.15) is 4.31 Å². The Morgan fingerprint density at radius 1 is 0.818 bits per heavy atom. The monoisotopic (exact) mass is 473 g/mol. The molecule has 2 aliphatic rings. The Hall–Kier alpha value is -2.78. The van der Waals surface area contributed by atoms with Gasteiger partial charge in [-0.1, -0.05) is 6.42 Å². The Labute approximate surface area is 195 Å². The molecule has 178 valence electrons. The SMILES string of the molecule is COc1ccc(N2CCN(C(=O)c3cc(S(=O)(=O)N4CCCCC4)ccc3OC)CC2)cc1. The second kappa shape index (κ2) is 10.0. The average Bonchev–Trinajstić information content (AvgIpc) is 2.88. The van der Waals surface area contributed by atoms with Crippen molar-refractivity contribution in [2.75, 3.05) is 58.4 Å². The molecule has 0 radical (unpaired) electrons. The number of amides is 1. The number of anilines is 1. The number of hydrogen-bond acceptors (Lipinski definition) is 6. The van der Waals surface area contributed by atoms with Crippen LogP contribution in [0, 0.1) is 0 Å². The molecule has 0 unspecified atom stereocenters. The minimum atomic E-state index is -3.64. The van der Waals surface area contributed by atoms with Gasteiger partial charge >= 0.3 is 0 Å². The van der Waals surface area contributed by atoms with Gasteiger partial charge in [0.05, 0.1) is 24.7 Å². The van der Waals surface area contributed by atoms with Crippen LogP contribution in [0.4, 0.5) is 5.69 Å². The molecule has 2 saturated heterocycles. The van der Waals surface area contributed by atoms with Crippen LogP contribution in [-0.4, -0.2) is 77.0 Å². The molecule has 4 rings (SSSR count). The smallest absolute Gasteiger partial charge is 0.257 e. The summed E-state index contributed by atoms with van der Waals surface area (Å²) in [5.74, 6) is 0.978. The summed E-state index contributed by atoms with van der Waals surface area (Å²) < 4.78 is 38.4. The normalized spacial score (nSPS) is 17.6. The third-order valence-electron chi connectivity index (χ3n) is 6.36. The summed E-state index contributed by atoms with van der Waals surface area (Å²) in [5.41, 5.74) is 1.36. The number of piperidine rings is 1. The zero-order chi connectivity index (χ0) is 23.4. The number of methoxy groups -OCH3 is 2. The first-order valence-electron chi connectivity index (χ1n) is 11.3. The van der Waals surface area contributed by atoms with Crippen LogP contribution >= 0.6 is 0 Å². The summed E-state index contributed by atoms with van der Waals surface area (Å²) in [7, 11) is -0.504. The Morgan fingerprint density at radius 3 is 2.09 bits per heavy atom. The van der Waals surface area contributed by atoms with Gasteiger partial charge in [0.25, 0.3) is 5.91 Å². The zero-order valence-corrected chi connectivity index (χ0v) is 20.0. The highest BCUT2D eigenvalue weighted by molar-refractivity contribution is 7.89. The second-order valence-corrected chi connectivity index (χ2v) is 10.2. The van der Waals surface area contributed by atoms with E-state index in [0.717, 1.165) is 30.7 Å². The first-order chi connectivity index (χ1) is 15.9. The molecule has 0 aromatic heterocycles. The van der Waals surface area contributed by atoms with Gasteiger partial charge in [0.15, 0.2) is 0 Å². The first kappa shape index (κ1) is 23.4. The Bertz CT molecular complexity index is 1070. The number of piperazine rings is 1. The van der Waals surface area contributed by atoms with Crippen LogP contribution in [-0.2, 0) is 10.0 Å². The summed E-state index contributed by atoms with van der Waals surface area (Å²) in [6.07, 6.45) is 2.76. The summed E-state index contributed by atoms with van der Waals surface area (Å²) in [6.45, 7) is 3.49. The first-order valence-corrected chi connectivity index (χ1v) is 12.7. The second-order valence-electron chi connectivity index (χ2n) is 8.30. The third-order valence-corrected chi connectivity index (χ3v) is 8.25. The van der Waals surface area contributed by atoms with Gasteiger partial charge in [-0.05, 0) is 55.3 Å². The minimum absolute atomic E-state index is 0.144. The van der Waals surface area contributed by atoms with Crippen molar-refractivity contribution in [3.63, 3.8) is 0 Å². The van der Waals surface area contributed by atoms with Gasteiger partial charge in [0.1, 0.15) is 11.5 Å². The molecule has 9 heteroatoms. The number of ether oxygens (including phenoxy) is 2. The molecule has 0 spiro atoms. The molecule has 8 nitrogen and oxygen atoms in total. The lowest BCUT2D eigenvalue weighted by Crippen LogP contribution is -2.48. The van der Waals surface area contributed by atoms with E-state index in [1.807, 2.05) is 24.3 Å². The molecular formula is C24H31N3O5S. The lowest BCUT2D eigenvalue weighted by atomic mass is 10.1. The van der Waals surface area contributed by atoms with Crippen molar-refractivity contribution in [2.24, 2.45) is 0 Å². The van der Waals surface area contributed by atoms with E-state index < -0.39 is 10.0 Å². The van der Waals surface area contributed by atoms with Crippen molar-refractivity contribution in [3.8, 4) is 11.5 Å². The Kier molecular flexibility index (Phi) is 7.09. The topological polar surface area (TPSA) is 79.4 Å². The molecule has 2 fully saturated rings. The van der Waals surface area contributed by atoms with Crippen LogP contribution in [0.25, 0.3) is 0 Å². The molecule has 0 bridgehead atoms. The number of carbonyl (C=O) groups excluding carboxylic acids is 1. The predicted molar refractivity (Wildman–Crippen MR) is 127 cm³/mol. The molecule has 33 heavy (non-hydrogen) atoms. The lowest BCUT2D eigenvalue weighted by Gasteiger charge is -2.36. The van der Waals surface area contributed by atoms with Gasteiger partial charge in [-0.3, -0.25) is 4.79 Å². The molecule has 2 aromatic rings. The number of nitrogens with zero attached hydrogens (tertiary/aromatic N) is 3. The van der Waals surface area contributed by atoms with Gasteiger partial charge in [-0.25, -0.2) is 8.42 Å². The fourth-order valence-corrected chi connectivity index (χ4v) is 5.94. The van der Waals surface area contributed by atoms with Crippen LogP contribution < -0.4 is 14.4 Å². The van der Waals surface area contributed by atoms with Crippen molar-refractivity contribution in [1.82, 2.24) is 9.21 Å². The van der Waals surface area contributed by atoms with Gasteiger partial charge in [0.2, 0.25) is 10.0 Å². The van der Waals surface area contributed by atoms with E-state index in [9.17, 15) is 13.2 Å². The summed E-state index contributed by atoms with van der Waals surface area (Å²) in [5, 5.41) is 0. The molecule has 0 atom stereocenters. The van der Waals surface area contributed by atoms with Crippen LogP contribution in [0.15, 0.2) is 47.4 Å². The minimum Gasteiger partial charge on any atom is -0.497 e. The van der Waals surface area contributed by atoms with Crippen molar-refractivity contribution < 1.29 is 22.7 Å². The summed E-state index contributed by atoms with van der Waals surface area (Å²) in [6, 6.07) is 12.4. The van der Waals surface area contributed by atoms with Crippen LogP contribution in [0.2, 0.25) is 0 Å². The molecule has 0 N–H and O–H groups in total. The fourth-order valence-electron chi connectivity index (χ4n) is 4.40. The van der Waals surface area contributed by atoms with E-state index >= 15 is 0 Å². The maximum Gasteiger partial charge on any atom is 0.257 e. The summed E-state index contributed by atoms with van der Waals surface area (Å²) >= 11 is 0. The molecule has 2 aliphatic heterocycles. The molecule has 0 aliphatic carbocycles. The van der Waals surface area contributed by atoms with Gasteiger partial charge in [0, 0.05) is 45.0 Å². The quantitative estimate of drug-likeness (QED) is 0.642. The summed E-state index contributed by atoms with van der Waals surface area (Å²) in [4.78, 5) is 17.5. The largest absolute Gasteiger partial charge is 0.497 e. The van der Waals surface area contributed by atoms with E-state index in [1.54, 1.807) is 18.1 Å². The van der Waals surface area contributed by atoms with Crippen LogP contribution in [0.3, 0.4) is 0 Å². The van der Waals surface area contributed by atoms with Crippen LogP contribution in [0.5, 0.6) is 11.5 Å². The van der Waals surface area contributed by atoms with Gasteiger partial charge in [-0.15, -0.1) is 0 Å². The highest BCUT2D eigenvalue weighted by Gasteiger charge is 2.30. The van der Waals surface area contributed by atoms with Crippen LogP contribution in [0.1, 0.15) is 29.6 Å². The standard InChI is InChI=1S/C24H31N3O5S/c1-31-20-8-6-19(7-9-20)25-14-16-26(17-15-25)24(28)22-18-21(10-11-23(22)32-2)33(29,30)27-12-4-3-5-13-27/h6-11,18H,3-5,12-17H2,1-2H3. The van der Waals surface area contributed by atoms with E-state index in [0.29, 0.717) is 45.0 Å². The van der Waals surface area contributed by atoms with Crippen molar-refractivity contribution in [2.45, 2.75) is 24.2 Å². The Balaban J connectivity index is 1.50. The fraction of sp³-hybridized carbons (Fsp3) is 0.458. The van der Waals surface area contributed by atoms with Gasteiger partial charge < -0.3 is 19.3 Å². The molecular weight excluding hydrogens is 442 g/mol. The number of hydrogen-bond donors (Lipinski definition) is 0.